The molecule has 0 bridgehead atoms. The molecule has 3 aromatic rings. The van der Waals surface area contributed by atoms with Crippen LogP contribution in [0.4, 0.5) is 0 Å². The highest BCUT2D eigenvalue weighted by Gasteiger charge is 2.12. The zero-order valence-corrected chi connectivity index (χ0v) is 17.8. The number of esters is 1. The molecule has 0 atom stereocenters. The summed E-state index contributed by atoms with van der Waals surface area (Å²) in [6, 6.07) is 19.5. The number of hydrogen-bond donors (Lipinski definition) is 0. The van der Waals surface area contributed by atoms with Gasteiger partial charge < -0.3 is 14.2 Å². The number of hydrogen-bond acceptors (Lipinski definition) is 5. The standard InChI is InChI=1S/C26H24O5/c1-4-30-23-13-10-19(17-24(23)29-3)11-15-25(27)31-22-14-12-21(16-18(22)2)26(28)20-8-6-5-7-9-20/h5-17H,4H2,1-3H3/b15-11+. The van der Waals surface area contributed by atoms with E-state index in [9.17, 15) is 9.59 Å². The van der Waals surface area contributed by atoms with Gasteiger partial charge in [-0.05, 0) is 61.4 Å². The van der Waals surface area contributed by atoms with Crippen LogP contribution in [-0.2, 0) is 4.79 Å². The SMILES string of the molecule is CCOc1ccc(/C=C/C(=O)Oc2ccc(C(=O)c3ccccc3)cc2C)cc1OC. The minimum Gasteiger partial charge on any atom is -0.493 e. The molecule has 0 aliphatic heterocycles. The zero-order valence-electron chi connectivity index (χ0n) is 17.8. The lowest BCUT2D eigenvalue weighted by Crippen LogP contribution is -2.06. The van der Waals surface area contributed by atoms with Crippen molar-refractivity contribution in [3.8, 4) is 17.2 Å². The Labute approximate surface area is 181 Å². The van der Waals surface area contributed by atoms with E-state index in [1.54, 1.807) is 62.6 Å². The Morgan fingerprint density at radius 1 is 0.871 bits per heavy atom. The van der Waals surface area contributed by atoms with Crippen molar-refractivity contribution in [3.63, 3.8) is 0 Å². The summed E-state index contributed by atoms with van der Waals surface area (Å²) in [5.41, 5.74) is 2.63. The number of benzene rings is 3. The molecular formula is C26H24O5. The summed E-state index contributed by atoms with van der Waals surface area (Å²) < 4.78 is 16.2. The molecule has 0 N–H and O–H groups in total. The van der Waals surface area contributed by atoms with Crippen LogP contribution in [-0.4, -0.2) is 25.5 Å². The van der Waals surface area contributed by atoms with Gasteiger partial charge in [0.1, 0.15) is 5.75 Å². The lowest BCUT2D eigenvalue weighted by atomic mass is 10.0. The Hall–Kier alpha value is -3.86. The van der Waals surface area contributed by atoms with Gasteiger partial charge in [0.15, 0.2) is 17.3 Å². The number of ether oxygens (including phenoxy) is 3. The Morgan fingerprint density at radius 3 is 2.29 bits per heavy atom. The fourth-order valence-corrected chi connectivity index (χ4v) is 3.03. The van der Waals surface area contributed by atoms with Gasteiger partial charge in [-0.15, -0.1) is 0 Å². The van der Waals surface area contributed by atoms with Gasteiger partial charge in [-0.3, -0.25) is 4.79 Å². The first kappa shape index (κ1) is 21.8. The molecule has 5 nitrogen and oxygen atoms in total. The third kappa shape index (κ3) is 5.60. The van der Waals surface area contributed by atoms with E-state index in [0.29, 0.717) is 40.5 Å². The molecule has 3 rings (SSSR count). The second-order valence-corrected chi connectivity index (χ2v) is 6.77. The van der Waals surface area contributed by atoms with Crippen molar-refractivity contribution in [2.75, 3.05) is 13.7 Å². The van der Waals surface area contributed by atoms with Gasteiger partial charge in [0.2, 0.25) is 0 Å². The summed E-state index contributed by atoms with van der Waals surface area (Å²) in [4.78, 5) is 24.8. The smallest absolute Gasteiger partial charge is 0.336 e. The second-order valence-electron chi connectivity index (χ2n) is 6.77. The number of carbonyl (C=O) groups excluding carboxylic acids is 2. The van der Waals surface area contributed by atoms with E-state index in [0.717, 1.165) is 5.56 Å². The monoisotopic (exact) mass is 416 g/mol. The van der Waals surface area contributed by atoms with E-state index in [1.165, 1.54) is 6.08 Å². The lowest BCUT2D eigenvalue weighted by Gasteiger charge is -2.09. The van der Waals surface area contributed by atoms with Crippen LogP contribution in [0.3, 0.4) is 0 Å². The van der Waals surface area contributed by atoms with Gasteiger partial charge in [0, 0.05) is 17.2 Å². The minimum absolute atomic E-state index is 0.0779. The second kappa shape index (κ2) is 10.3. The Kier molecular flexibility index (Phi) is 7.22. The zero-order chi connectivity index (χ0) is 22.2. The van der Waals surface area contributed by atoms with Crippen molar-refractivity contribution in [2.24, 2.45) is 0 Å². The van der Waals surface area contributed by atoms with E-state index in [1.807, 2.05) is 31.2 Å². The molecule has 0 aromatic heterocycles. The van der Waals surface area contributed by atoms with Crippen molar-refractivity contribution in [1.82, 2.24) is 0 Å². The van der Waals surface area contributed by atoms with Crippen molar-refractivity contribution >= 4 is 17.8 Å². The van der Waals surface area contributed by atoms with Gasteiger partial charge in [0.05, 0.1) is 13.7 Å². The number of rotatable bonds is 8. The predicted molar refractivity (Wildman–Crippen MR) is 120 cm³/mol. The van der Waals surface area contributed by atoms with Gasteiger partial charge in [0.25, 0.3) is 0 Å². The van der Waals surface area contributed by atoms with Crippen LogP contribution in [0.2, 0.25) is 0 Å². The van der Waals surface area contributed by atoms with E-state index in [-0.39, 0.29) is 5.78 Å². The number of ketones is 1. The topological polar surface area (TPSA) is 61.8 Å². The van der Waals surface area contributed by atoms with Gasteiger partial charge in [-0.25, -0.2) is 4.79 Å². The average molecular weight is 416 g/mol. The quantitative estimate of drug-likeness (QED) is 0.217. The first-order valence-corrected chi connectivity index (χ1v) is 9.93. The van der Waals surface area contributed by atoms with Crippen LogP contribution < -0.4 is 14.2 Å². The average Bonchev–Trinajstić information content (AvgIpc) is 2.80. The van der Waals surface area contributed by atoms with Crippen molar-refractivity contribution in [1.29, 1.82) is 0 Å². The Morgan fingerprint density at radius 2 is 1.61 bits per heavy atom. The largest absolute Gasteiger partial charge is 0.493 e. The maximum atomic E-state index is 12.6. The van der Waals surface area contributed by atoms with Crippen molar-refractivity contribution < 1.29 is 23.8 Å². The normalized spacial score (nSPS) is 10.7. The van der Waals surface area contributed by atoms with E-state index in [4.69, 9.17) is 14.2 Å². The van der Waals surface area contributed by atoms with Crippen LogP contribution in [0, 0.1) is 6.92 Å². The summed E-state index contributed by atoms with van der Waals surface area (Å²) in [5.74, 6) is 1.05. The molecule has 158 valence electrons. The third-order valence-electron chi connectivity index (χ3n) is 4.58. The highest BCUT2D eigenvalue weighted by molar-refractivity contribution is 6.09. The first-order valence-electron chi connectivity index (χ1n) is 9.93. The summed E-state index contributed by atoms with van der Waals surface area (Å²) >= 11 is 0. The van der Waals surface area contributed by atoms with Crippen LogP contribution >= 0.6 is 0 Å². The van der Waals surface area contributed by atoms with Crippen LogP contribution in [0.15, 0.2) is 72.8 Å². The predicted octanol–water partition coefficient (Wildman–Crippen LogP) is 5.25. The fraction of sp³-hybridized carbons (Fsp3) is 0.154. The molecule has 0 amide bonds. The molecular weight excluding hydrogens is 392 g/mol. The molecule has 0 saturated heterocycles. The van der Waals surface area contributed by atoms with E-state index < -0.39 is 5.97 Å². The summed E-state index contributed by atoms with van der Waals surface area (Å²) in [5, 5.41) is 0. The fourth-order valence-electron chi connectivity index (χ4n) is 3.03. The van der Waals surface area contributed by atoms with Gasteiger partial charge >= 0.3 is 5.97 Å². The Bertz CT molecular complexity index is 1100. The molecule has 0 unspecified atom stereocenters. The van der Waals surface area contributed by atoms with Gasteiger partial charge in [-0.1, -0.05) is 36.4 Å². The molecule has 0 aliphatic rings. The molecule has 0 heterocycles. The molecule has 0 radical (unpaired) electrons. The summed E-state index contributed by atoms with van der Waals surface area (Å²) in [7, 11) is 1.56. The number of aryl methyl sites for hydroxylation is 1. The number of methoxy groups -OCH3 is 1. The molecule has 0 spiro atoms. The van der Waals surface area contributed by atoms with E-state index in [2.05, 4.69) is 0 Å². The lowest BCUT2D eigenvalue weighted by molar-refractivity contribution is -0.128. The van der Waals surface area contributed by atoms with Crippen molar-refractivity contribution in [2.45, 2.75) is 13.8 Å². The van der Waals surface area contributed by atoms with Crippen LogP contribution in [0.5, 0.6) is 17.2 Å². The summed E-state index contributed by atoms with van der Waals surface area (Å²) in [6.07, 6.45) is 2.99. The number of carbonyl (C=O) groups is 2. The van der Waals surface area contributed by atoms with Gasteiger partial charge in [-0.2, -0.15) is 0 Å². The molecule has 5 heteroatoms. The third-order valence-corrected chi connectivity index (χ3v) is 4.58. The molecule has 3 aromatic carbocycles. The molecule has 31 heavy (non-hydrogen) atoms. The minimum atomic E-state index is -0.516. The Balaban J connectivity index is 1.68. The molecule has 0 aliphatic carbocycles. The maximum absolute atomic E-state index is 12.6. The summed E-state index contributed by atoms with van der Waals surface area (Å²) in [6.45, 7) is 4.23. The van der Waals surface area contributed by atoms with E-state index >= 15 is 0 Å². The van der Waals surface area contributed by atoms with Crippen molar-refractivity contribution in [3.05, 3.63) is 95.1 Å². The first-order chi connectivity index (χ1) is 15.0. The molecule has 0 saturated carbocycles. The highest BCUT2D eigenvalue weighted by Crippen LogP contribution is 2.28. The maximum Gasteiger partial charge on any atom is 0.336 e. The van der Waals surface area contributed by atoms with Crippen LogP contribution in [0.25, 0.3) is 6.08 Å². The molecule has 0 fully saturated rings. The highest BCUT2D eigenvalue weighted by atomic mass is 16.5. The van der Waals surface area contributed by atoms with Crippen LogP contribution in [0.1, 0.15) is 34.0 Å².